The van der Waals surface area contributed by atoms with Gasteiger partial charge in [0.1, 0.15) is 11.9 Å². The Bertz CT molecular complexity index is 1010. The van der Waals surface area contributed by atoms with E-state index in [1.54, 1.807) is 17.7 Å². The van der Waals surface area contributed by atoms with Gasteiger partial charge in [0.05, 0.1) is 5.69 Å². The zero-order valence-electron chi connectivity index (χ0n) is 14.6. The third-order valence-electron chi connectivity index (χ3n) is 3.90. The SMILES string of the molecule is Cc1cc(C)n(-c2ccc(=O)n(C(C)C(=O)Nc3ccc(F)cc3)n2)n1. The molecule has 26 heavy (non-hydrogen) atoms. The van der Waals surface area contributed by atoms with Crippen molar-refractivity contribution in [2.75, 3.05) is 5.32 Å². The fraction of sp³-hybridized carbons (Fsp3) is 0.222. The fourth-order valence-electron chi connectivity index (χ4n) is 2.56. The third kappa shape index (κ3) is 3.53. The van der Waals surface area contributed by atoms with Gasteiger partial charge in [-0.3, -0.25) is 9.59 Å². The first-order valence-corrected chi connectivity index (χ1v) is 8.05. The molecular formula is C18H18FN5O2. The Hall–Kier alpha value is -3.29. The monoisotopic (exact) mass is 355 g/mol. The van der Waals surface area contributed by atoms with E-state index in [0.29, 0.717) is 11.5 Å². The van der Waals surface area contributed by atoms with Crippen molar-refractivity contribution < 1.29 is 9.18 Å². The van der Waals surface area contributed by atoms with Gasteiger partial charge in [0.25, 0.3) is 5.56 Å². The minimum absolute atomic E-state index is 0.397. The van der Waals surface area contributed by atoms with Crippen LogP contribution in [0.15, 0.2) is 47.3 Å². The summed E-state index contributed by atoms with van der Waals surface area (Å²) >= 11 is 0. The summed E-state index contributed by atoms with van der Waals surface area (Å²) in [7, 11) is 0. The summed E-state index contributed by atoms with van der Waals surface area (Å²) in [5.41, 5.74) is 1.72. The van der Waals surface area contributed by atoms with Crippen LogP contribution >= 0.6 is 0 Å². The van der Waals surface area contributed by atoms with Crippen LogP contribution in [0.3, 0.4) is 0 Å². The van der Waals surface area contributed by atoms with Gasteiger partial charge in [-0.15, -0.1) is 5.10 Å². The molecule has 1 unspecified atom stereocenters. The van der Waals surface area contributed by atoms with Crippen LogP contribution in [0.2, 0.25) is 0 Å². The van der Waals surface area contributed by atoms with Crippen molar-refractivity contribution >= 4 is 11.6 Å². The number of hydrogen-bond donors (Lipinski definition) is 1. The van der Waals surface area contributed by atoms with Gasteiger partial charge in [-0.05, 0) is 57.2 Å². The molecular weight excluding hydrogens is 337 g/mol. The lowest BCUT2D eigenvalue weighted by molar-refractivity contribution is -0.119. The molecule has 1 atom stereocenters. The quantitative estimate of drug-likeness (QED) is 0.779. The van der Waals surface area contributed by atoms with Crippen LogP contribution in [0.1, 0.15) is 24.4 Å². The number of rotatable bonds is 4. The molecule has 7 nitrogen and oxygen atoms in total. The van der Waals surface area contributed by atoms with E-state index in [0.717, 1.165) is 16.1 Å². The lowest BCUT2D eigenvalue weighted by Crippen LogP contribution is -2.33. The molecule has 0 bridgehead atoms. The Labute approximate surface area is 149 Å². The van der Waals surface area contributed by atoms with Crippen LogP contribution in [0, 0.1) is 19.7 Å². The molecule has 0 aliphatic rings. The highest BCUT2D eigenvalue weighted by atomic mass is 19.1. The number of amides is 1. The second-order valence-corrected chi connectivity index (χ2v) is 5.99. The number of hydrogen-bond acceptors (Lipinski definition) is 4. The topological polar surface area (TPSA) is 81.8 Å². The van der Waals surface area contributed by atoms with Crippen LogP contribution < -0.4 is 10.9 Å². The number of aryl methyl sites for hydroxylation is 2. The highest BCUT2D eigenvalue weighted by Gasteiger charge is 2.19. The number of benzene rings is 1. The molecule has 0 radical (unpaired) electrons. The number of aromatic nitrogens is 4. The zero-order chi connectivity index (χ0) is 18.8. The summed E-state index contributed by atoms with van der Waals surface area (Å²) < 4.78 is 15.7. The number of halogens is 1. The summed E-state index contributed by atoms with van der Waals surface area (Å²) in [5.74, 6) is -0.389. The van der Waals surface area contributed by atoms with Crippen molar-refractivity contribution in [3.05, 3.63) is 70.0 Å². The number of nitrogens with zero attached hydrogens (tertiary/aromatic N) is 4. The number of carbonyl (C=O) groups excluding carboxylic acids is 1. The van der Waals surface area contributed by atoms with E-state index >= 15 is 0 Å². The van der Waals surface area contributed by atoms with Gasteiger partial charge >= 0.3 is 0 Å². The summed E-state index contributed by atoms with van der Waals surface area (Å²) in [6.45, 7) is 5.30. The maximum Gasteiger partial charge on any atom is 0.267 e. The van der Waals surface area contributed by atoms with Crippen molar-refractivity contribution in [1.29, 1.82) is 0 Å². The minimum Gasteiger partial charge on any atom is -0.324 e. The molecule has 0 saturated heterocycles. The Kier molecular flexibility index (Phi) is 4.66. The van der Waals surface area contributed by atoms with Crippen LogP contribution in [0.25, 0.3) is 5.82 Å². The van der Waals surface area contributed by atoms with Crippen molar-refractivity contribution in [2.45, 2.75) is 26.8 Å². The third-order valence-corrected chi connectivity index (χ3v) is 3.90. The second-order valence-electron chi connectivity index (χ2n) is 5.99. The van der Waals surface area contributed by atoms with Gasteiger partial charge in [-0.2, -0.15) is 5.10 Å². The molecule has 2 aromatic heterocycles. The highest BCUT2D eigenvalue weighted by molar-refractivity contribution is 5.93. The van der Waals surface area contributed by atoms with Crippen molar-refractivity contribution in [3.8, 4) is 5.82 Å². The van der Waals surface area contributed by atoms with Gasteiger partial charge in [-0.25, -0.2) is 13.8 Å². The van der Waals surface area contributed by atoms with Gasteiger partial charge < -0.3 is 5.32 Å². The Morgan fingerprint density at radius 3 is 2.42 bits per heavy atom. The Morgan fingerprint density at radius 1 is 1.12 bits per heavy atom. The molecule has 134 valence electrons. The lowest BCUT2D eigenvalue weighted by atomic mass is 10.2. The van der Waals surface area contributed by atoms with E-state index < -0.39 is 23.3 Å². The van der Waals surface area contributed by atoms with Crippen LogP contribution in [0.4, 0.5) is 10.1 Å². The number of nitrogens with one attached hydrogen (secondary N) is 1. The molecule has 3 rings (SSSR count). The summed E-state index contributed by atoms with van der Waals surface area (Å²) in [6, 6.07) is 9.32. The minimum atomic E-state index is -0.857. The van der Waals surface area contributed by atoms with Crippen molar-refractivity contribution in [2.24, 2.45) is 0 Å². The normalized spacial score (nSPS) is 12.0. The highest BCUT2D eigenvalue weighted by Crippen LogP contribution is 2.13. The average Bonchev–Trinajstić information content (AvgIpc) is 2.95. The molecule has 3 aromatic rings. The Balaban J connectivity index is 1.88. The van der Waals surface area contributed by atoms with Crippen LogP contribution in [0.5, 0.6) is 0 Å². The van der Waals surface area contributed by atoms with E-state index in [9.17, 15) is 14.0 Å². The van der Waals surface area contributed by atoms with Gasteiger partial charge in [0, 0.05) is 17.4 Å². The van der Waals surface area contributed by atoms with E-state index in [4.69, 9.17) is 0 Å². The smallest absolute Gasteiger partial charge is 0.267 e. The average molecular weight is 355 g/mol. The largest absolute Gasteiger partial charge is 0.324 e. The second kappa shape index (κ2) is 6.91. The maximum atomic E-state index is 13.0. The molecule has 0 aliphatic heterocycles. The molecule has 0 fully saturated rings. The summed E-state index contributed by atoms with van der Waals surface area (Å²) in [4.78, 5) is 24.6. The van der Waals surface area contributed by atoms with Crippen LogP contribution in [-0.4, -0.2) is 25.5 Å². The van der Waals surface area contributed by atoms with E-state index in [1.165, 1.54) is 30.3 Å². The van der Waals surface area contributed by atoms with Gasteiger partial charge in [0.2, 0.25) is 5.91 Å². The summed E-state index contributed by atoms with van der Waals surface area (Å²) in [6.07, 6.45) is 0. The predicted molar refractivity (Wildman–Crippen MR) is 94.8 cm³/mol. The standard InChI is InChI=1S/C18H18FN5O2/c1-11-10-12(2)23(21-11)16-8-9-17(25)24(22-16)13(3)18(26)20-15-6-4-14(19)5-7-15/h4-10,13H,1-3H3,(H,20,26). The van der Waals surface area contributed by atoms with E-state index in [-0.39, 0.29) is 0 Å². The number of anilines is 1. The summed E-state index contributed by atoms with van der Waals surface area (Å²) in [5, 5.41) is 11.3. The zero-order valence-corrected chi connectivity index (χ0v) is 14.6. The molecule has 8 heteroatoms. The fourth-order valence-corrected chi connectivity index (χ4v) is 2.56. The van der Waals surface area contributed by atoms with Crippen molar-refractivity contribution in [1.82, 2.24) is 19.6 Å². The first-order chi connectivity index (χ1) is 12.3. The molecule has 1 aromatic carbocycles. The molecule has 2 heterocycles. The first kappa shape index (κ1) is 17.5. The maximum absolute atomic E-state index is 13.0. The van der Waals surface area contributed by atoms with Gasteiger partial charge in [-0.1, -0.05) is 0 Å². The molecule has 1 amide bonds. The predicted octanol–water partition coefficient (Wildman–Crippen LogP) is 2.38. The van der Waals surface area contributed by atoms with E-state index in [1.807, 2.05) is 19.9 Å². The van der Waals surface area contributed by atoms with Gasteiger partial charge in [0.15, 0.2) is 5.82 Å². The lowest BCUT2D eigenvalue weighted by Gasteiger charge is -2.15. The number of carbonyl (C=O) groups is 1. The van der Waals surface area contributed by atoms with Crippen molar-refractivity contribution in [3.63, 3.8) is 0 Å². The van der Waals surface area contributed by atoms with Crippen LogP contribution in [-0.2, 0) is 4.79 Å². The molecule has 0 saturated carbocycles. The first-order valence-electron chi connectivity index (χ1n) is 8.05. The molecule has 1 N–H and O–H groups in total. The van der Waals surface area contributed by atoms with E-state index in [2.05, 4.69) is 15.5 Å². The molecule has 0 aliphatic carbocycles. The Morgan fingerprint density at radius 2 is 1.81 bits per heavy atom. The molecule has 0 spiro atoms.